The monoisotopic (exact) mass is 461 g/mol. The number of aromatic hydroxyl groups is 1. The Morgan fingerprint density at radius 2 is 1.85 bits per heavy atom. The lowest BCUT2D eigenvalue weighted by atomic mass is 9.88. The Morgan fingerprint density at radius 1 is 1.18 bits per heavy atom. The van der Waals surface area contributed by atoms with Crippen molar-refractivity contribution in [3.8, 4) is 5.75 Å². The second-order valence-corrected chi connectivity index (χ2v) is 9.66. The molecule has 8 nitrogen and oxygen atoms in total. The summed E-state index contributed by atoms with van der Waals surface area (Å²) in [5, 5.41) is 16.1. The molecule has 33 heavy (non-hydrogen) atoms. The van der Waals surface area contributed by atoms with Crippen LogP contribution >= 0.6 is 0 Å². The molecule has 1 aliphatic rings. The number of nitrogens with one attached hydrogen (secondary N) is 2. The number of rotatable bonds is 10. The van der Waals surface area contributed by atoms with Gasteiger partial charge < -0.3 is 25.4 Å². The summed E-state index contributed by atoms with van der Waals surface area (Å²) >= 11 is 0. The minimum absolute atomic E-state index is 0.0453. The Balaban J connectivity index is 2.31. The molecule has 0 radical (unpaired) electrons. The van der Waals surface area contributed by atoms with Crippen LogP contribution in [0.5, 0.6) is 5.75 Å². The van der Waals surface area contributed by atoms with E-state index < -0.39 is 23.8 Å². The van der Waals surface area contributed by atoms with E-state index in [1.54, 1.807) is 45.9 Å². The van der Waals surface area contributed by atoms with E-state index in [0.29, 0.717) is 12.1 Å². The van der Waals surface area contributed by atoms with Gasteiger partial charge in [0.25, 0.3) is 0 Å². The van der Waals surface area contributed by atoms with Crippen LogP contribution in [0.4, 0.5) is 4.79 Å². The summed E-state index contributed by atoms with van der Waals surface area (Å²) in [4.78, 5) is 40.7. The quantitative estimate of drug-likeness (QED) is 0.456. The minimum atomic E-state index is -0.992. The number of amides is 3. The number of para-hydroxylation sites is 1. The minimum Gasteiger partial charge on any atom is -0.508 e. The highest BCUT2D eigenvalue weighted by atomic mass is 16.6. The van der Waals surface area contributed by atoms with Crippen molar-refractivity contribution in [2.24, 2.45) is 0 Å². The molecule has 2 atom stereocenters. The highest BCUT2D eigenvalue weighted by molar-refractivity contribution is 5.92. The summed E-state index contributed by atoms with van der Waals surface area (Å²) in [6.07, 6.45) is 4.64. The molecule has 0 saturated heterocycles. The van der Waals surface area contributed by atoms with Crippen LogP contribution in [0.1, 0.15) is 84.7 Å². The third-order valence-electron chi connectivity index (χ3n) is 5.66. The van der Waals surface area contributed by atoms with Crippen LogP contribution < -0.4 is 10.6 Å². The summed E-state index contributed by atoms with van der Waals surface area (Å²) in [5.74, 6) is -0.768. The van der Waals surface area contributed by atoms with Gasteiger partial charge in [0.15, 0.2) is 0 Å². The molecule has 0 spiro atoms. The first-order valence-corrected chi connectivity index (χ1v) is 11.9. The lowest BCUT2D eigenvalue weighted by Gasteiger charge is -2.43. The average Bonchev–Trinajstić information content (AvgIpc) is 2.68. The fourth-order valence-corrected chi connectivity index (χ4v) is 3.77. The van der Waals surface area contributed by atoms with E-state index in [-0.39, 0.29) is 23.6 Å². The van der Waals surface area contributed by atoms with E-state index in [1.165, 1.54) is 11.0 Å². The highest BCUT2D eigenvalue weighted by Gasteiger charge is 2.41. The molecule has 0 heterocycles. The molecule has 1 aromatic rings. The molecule has 2 rings (SSSR count). The maximum atomic E-state index is 13.6. The van der Waals surface area contributed by atoms with E-state index in [9.17, 15) is 19.5 Å². The molecule has 2 unspecified atom stereocenters. The zero-order valence-corrected chi connectivity index (χ0v) is 20.5. The van der Waals surface area contributed by atoms with Crippen LogP contribution in [0.2, 0.25) is 0 Å². The van der Waals surface area contributed by atoms with Gasteiger partial charge in [0.1, 0.15) is 23.4 Å². The third kappa shape index (κ3) is 7.65. The van der Waals surface area contributed by atoms with Gasteiger partial charge in [0.05, 0.1) is 0 Å². The van der Waals surface area contributed by atoms with Crippen molar-refractivity contribution in [2.45, 2.75) is 96.9 Å². The molecule has 184 valence electrons. The SMILES string of the molecule is CCCCCNC(=O)C(c1ccccc1O)N(C(=O)C(C)NC(=O)OC(C)(C)C)C1CCC1. The van der Waals surface area contributed by atoms with E-state index >= 15 is 0 Å². The molecule has 1 aliphatic carbocycles. The molecular formula is C25H39N3O5. The van der Waals surface area contributed by atoms with E-state index in [2.05, 4.69) is 17.6 Å². The summed E-state index contributed by atoms with van der Waals surface area (Å²) in [5.41, 5.74) is -0.327. The number of phenols is 1. The van der Waals surface area contributed by atoms with Gasteiger partial charge in [0, 0.05) is 18.2 Å². The van der Waals surface area contributed by atoms with Gasteiger partial charge in [-0.1, -0.05) is 38.0 Å². The number of alkyl carbamates (subject to hydrolysis) is 1. The van der Waals surface area contributed by atoms with Crippen molar-refractivity contribution in [1.29, 1.82) is 0 Å². The fourth-order valence-electron chi connectivity index (χ4n) is 3.77. The topological polar surface area (TPSA) is 108 Å². The number of carbonyl (C=O) groups excluding carboxylic acids is 3. The lowest BCUT2D eigenvalue weighted by molar-refractivity contribution is -0.147. The molecule has 1 fully saturated rings. The summed E-state index contributed by atoms with van der Waals surface area (Å²) in [7, 11) is 0. The normalized spacial score (nSPS) is 15.7. The standard InChI is InChI=1S/C25H39N3O5/c1-6-7-10-16-26-22(30)21(19-14-8-9-15-20(19)29)28(18-12-11-13-18)23(31)17(2)27-24(32)33-25(3,4)5/h8-9,14-15,17-18,21,29H,6-7,10-13,16H2,1-5H3,(H,26,30)(H,27,32). The molecule has 1 saturated carbocycles. The van der Waals surface area contributed by atoms with Crippen LogP contribution in [0, 0.1) is 0 Å². The van der Waals surface area contributed by atoms with E-state index in [1.807, 2.05) is 0 Å². The highest BCUT2D eigenvalue weighted by Crippen LogP contribution is 2.36. The van der Waals surface area contributed by atoms with Crippen molar-refractivity contribution in [2.75, 3.05) is 6.54 Å². The largest absolute Gasteiger partial charge is 0.508 e. The molecular weight excluding hydrogens is 422 g/mol. The zero-order valence-electron chi connectivity index (χ0n) is 20.5. The predicted molar refractivity (Wildman–Crippen MR) is 127 cm³/mol. The summed E-state index contributed by atoms with van der Waals surface area (Å²) in [6.45, 7) is 9.40. The fraction of sp³-hybridized carbons (Fsp3) is 0.640. The van der Waals surface area contributed by atoms with Gasteiger partial charge in [0.2, 0.25) is 11.8 Å². The van der Waals surface area contributed by atoms with E-state index in [4.69, 9.17) is 4.74 Å². The van der Waals surface area contributed by atoms with Crippen LogP contribution in [0.15, 0.2) is 24.3 Å². The van der Waals surface area contributed by atoms with Crippen LogP contribution in [-0.2, 0) is 14.3 Å². The molecule has 0 aromatic heterocycles. The summed E-state index contributed by atoms with van der Waals surface area (Å²) in [6, 6.07) is 4.55. The van der Waals surface area contributed by atoms with Gasteiger partial charge in [-0.05, 0) is 59.4 Å². The number of ether oxygens (including phenoxy) is 1. The zero-order chi connectivity index (χ0) is 24.6. The van der Waals surface area contributed by atoms with Crippen LogP contribution in [0.3, 0.4) is 0 Å². The first-order valence-electron chi connectivity index (χ1n) is 11.9. The Kier molecular flexibility index (Phi) is 9.56. The van der Waals surface area contributed by atoms with Crippen molar-refractivity contribution in [1.82, 2.24) is 15.5 Å². The lowest BCUT2D eigenvalue weighted by Crippen LogP contribution is -2.56. The third-order valence-corrected chi connectivity index (χ3v) is 5.66. The van der Waals surface area contributed by atoms with Crippen molar-refractivity contribution < 1.29 is 24.2 Å². The molecule has 3 amide bonds. The second kappa shape index (κ2) is 11.9. The van der Waals surface area contributed by atoms with Gasteiger partial charge in [-0.15, -0.1) is 0 Å². The molecule has 0 aliphatic heterocycles. The number of carbonyl (C=O) groups is 3. The Labute approximate surface area is 197 Å². The molecule has 0 bridgehead atoms. The Morgan fingerprint density at radius 3 is 2.39 bits per heavy atom. The van der Waals surface area contributed by atoms with Crippen molar-refractivity contribution in [3.63, 3.8) is 0 Å². The van der Waals surface area contributed by atoms with Crippen LogP contribution in [0.25, 0.3) is 0 Å². The Bertz CT molecular complexity index is 817. The Hall–Kier alpha value is -2.77. The average molecular weight is 462 g/mol. The number of hydrogen-bond acceptors (Lipinski definition) is 5. The first-order chi connectivity index (χ1) is 15.5. The first kappa shape index (κ1) is 26.5. The number of nitrogens with zero attached hydrogens (tertiary/aromatic N) is 1. The number of phenolic OH excluding ortho intramolecular Hbond substituents is 1. The molecule has 3 N–H and O–H groups in total. The van der Waals surface area contributed by atoms with Crippen molar-refractivity contribution >= 4 is 17.9 Å². The summed E-state index contributed by atoms with van der Waals surface area (Å²) < 4.78 is 5.29. The number of unbranched alkanes of at least 4 members (excludes halogenated alkanes) is 2. The van der Waals surface area contributed by atoms with Gasteiger partial charge >= 0.3 is 6.09 Å². The smallest absolute Gasteiger partial charge is 0.408 e. The van der Waals surface area contributed by atoms with Gasteiger partial charge in [-0.2, -0.15) is 0 Å². The van der Waals surface area contributed by atoms with E-state index in [0.717, 1.165) is 38.5 Å². The number of benzene rings is 1. The molecule has 8 heteroatoms. The maximum absolute atomic E-state index is 13.6. The second-order valence-electron chi connectivity index (χ2n) is 9.66. The predicted octanol–water partition coefficient (Wildman–Crippen LogP) is 4.03. The molecule has 1 aromatic carbocycles. The number of hydrogen-bond donors (Lipinski definition) is 3. The van der Waals surface area contributed by atoms with Crippen LogP contribution in [-0.4, -0.2) is 52.1 Å². The van der Waals surface area contributed by atoms with Crippen molar-refractivity contribution in [3.05, 3.63) is 29.8 Å². The van der Waals surface area contributed by atoms with Gasteiger partial charge in [-0.3, -0.25) is 9.59 Å². The van der Waals surface area contributed by atoms with Gasteiger partial charge in [-0.25, -0.2) is 4.79 Å². The maximum Gasteiger partial charge on any atom is 0.408 e.